The van der Waals surface area contributed by atoms with Gasteiger partial charge >= 0.3 is 0 Å². The Bertz CT molecular complexity index is 3600. The van der Waals surface area contributed by atoms with Crippen LogP contribution in [-0.2, 0) is 0 Å². The molecule has 62 heavy (non-hydrogen) atoms. The molecule has 4 nitrogen and oxygen atoms in total. The minimum atomic E-state index is 0.694. The van der Waals surface area contributed by atoms with Crippen LogP contribution in [0.3, 0.4) is 0 Å². The Kier molecular flexibility index (Phi) is 8.46. The van der Waals surface area contributed by atoms with Crippen molar-refractivity contribution in [2.75, 3.05) is 0 Å². The van der Waals surface area contributed by atoms with Crippen LogP contribution in [0.15, 0.2) is 231 Å². The summed E-state index contributed by atoms with van der Waals surface area (Å²) >= 11 is 0. The van der Waals surface area contributed by atoms with Crippen LogP contribution in [0.25, 0.3) is 111 Å². The molecule has 0 aliphatic heterocycles. The molecule has 3 heterocycles. The van der Waals surface area contributed by atoms with Crippen LogP contribution in [0, 0.1) is 0 Å². The van der Waals surface area contributed by atoms with Gasteiger partial charge in [-0.1, -0.05) is 176 Å². The average molecular weight is 791 g/mol. The van der Waals surface area contributed by atoms with Gasteiger partial charge in [0.1, 0.15) is 0 Å². The van der Waals surface area contributed by atoms with Gasteiger partial charge in [-0.15, -0.1) is 0 Å². The molecule has 0 fully saturated rings. The van der Waals surface area contributed by atoms with Crippen molar-refractivity contribution >= 4 is 43.6 Å². The number of fused-ring (bicyclic) bond motifs is 6. The fourth-order valence-corrected chi connectivity index (χ4v) is 9.17. The summed E-state index contributed by atoms with van der Waals surface area (Å²) in [7, 11) is 0. The molecule has 290 valence electrons. The number of hydrogen-bond acceptors (Lipinski definition) is 2. The Morgan fingerprint density at radius 3 is 1.24 bits per heavy atom. The molecule has 0 unspecified atom stereocenters. The van der Waals surface area contributed by atoms with E-state index in [-0.39, 0.29) is 0 Å². The summed E-state index contributed by atoms with van der Waals surface area (Å²) in [5, 5.41) is 4.90. The normalized spacial score (nSPS) is 11.5. The van der Waals surface area contributed by atoms with Crippen molar-refractivity contribution in [2.45, 2.75) is 0 Å². The highest BCUT2D eigenvalue weighted by Crippen LogP contribution is 2.41. The van der Waals surface area contributed by atoms with Gasteiger partial charge in [0.05, 0.1) is 33.5 Å². The second-order valence-electron chi connectivity index (χ2n) is 15.8. The zero-order valence-electron chi connectivity index (χ0n) is 33.7. The van der Waals surface area contributed by atoms with Gasteiger partial charge in [-0.2, -0.15) is 0 Å². The largest absolute Gasteiger partial charge is 0.309 e. The molecule has 12 aromatic rings. The quantitative estimate of drug-likeness (QED) is 0.161. The second-order valence-corrected chi connectivity index (χ2v) is 15.8. The minimum absolute atomic E-state index is 0.694. The molecule has 12 rings (SSSR count). The third-order valence-corrected chi connectivity index (χ3v) is 12.1. The van der Waals surface area contributed by atoms with Gasteiger partial charge in [-0.3, -0.25) is 0 Å². The van der Waals surface area contributed by atoms with Crippen LogP contribution in [0.1, 0.15) is 0 Å². The molecule has 0 aliphatic carbocycles. The highest BCUT2D eigenvalue weighted by atomic mass is 15.0. The van der Waals surface area contributed by atoms with Crippen molar-refractivity contribution in [3.63, 3.8) is 0 Å². The molecule has 0 bridgehead atoms. The predicted octanol–water partition coefficient (Wildman–Crippen LogP) is 15.0. The highest BCUT2D eigenvalue weighted by molar-refractivity contribution is 6.19. The van der Waals surface area contributed by atoms with E-state index in [4.69, 9.17) is 9.97 Å². The van der Waals surface area contributed by atoms with E-state index in [2.05, 4.69) is 215 Å². The van der Waals surface area contributed by atoms with Gasteiger partial charge in [-0.25, -0.2) is 9.97 Å². The summed E-state index contributed by atoms with van der Waals surface area (Å²) in [6.45, 7) is 0. The highest BCUT2D eigenvalue weighted by Gasteiger charge is 2.20. The molecule has 0 aliphatic rings. The summed E-state index contributed by atoms with van der Waals surface area (Å²) in [4.78, 5) is 10.4. The summed E-state index contributed by atoms with van der Waals surface area (Å²) in [5.41, 5.74) is 16.4. The lowest BCUT2D eigenvalue weighted by atomic mass is 10.0. The SMILES string of the molecule is c1ccc(-c2ccc(-c3cc(-c4cccc(-n5c6ccccc6c6cc7c8ccccc8n(-c8cccc(-c9ccccc9)c8)c7cc65)c4)nc(-c4ccccc4)n3)cc2)cc1. The second kappa shape index (κ2) is 14.7. The lowest BCUT2D eigenvalue weighted by molar-refractivity contribution is 1.16. The molecular weight excluding hydrogens is 753 g/mol. The van der Waals surface area contributed by atoms with Crippen LogP contribution in [0.2, 0.25) is 0 Å². The Hall–Kier alpha value is -8.34. The Morgan fingerprint density at radius 1 is 0.242 bits per heavy atom. The number of aromatic nitrogens is 4. The predicted molar refractivity (Wildman–Crippen MR) is 258 cm³/mol. The van der Waals surface area contributed by atoms with Crippen molar-refractivity contribution in [3.8, 4) is 67.5 Å². The summed E-state index contributed by atoms with van der Waals surface area (Å²) in [6, 6.07) is 82.2. The van der Waals surface area contributed by atoms with Crippen molar-refractivity contribution in [2.24, 2.45) is 0 Å². The van der Waals surface area contributed by atoms with Crippen LogP contribution >= 0.6 is 0 Å². The molecule has 0 atom stereocenters. The molecule has 3 aromatic heterocycles. The number of rotatable bonds is 7. The lowest BCUT2D eigenvalue weighted by Crippen LogP contribution is -1.98. The first-order valence-electron chi connectivity index (χ1n) is 21.1. The number of nitrogens with zero attached hydrogens (tertiary/aromatic N) is 4. The van der Waals surface area contributed by atoms with Crippen molar-refractivity contribution in [1.82, 2.24) is 19.1 Å². The first kappa shape index (κ1) is 35.6. The summed E-state index contributed by atoms with van der Waals surface area (Å²) in [6.07, 6.45) is 0. The Balaban J connectivity index is 1.04. The number of para-hydroxylation sites is 2. The molecule has 0 saturated heterocycles. The maximum Gasteiger partial charge on any atom is 0.160 e. The molecule has 4 heteroatoms. The standard InChI is InChI=1S/C58H38N4/c1-4-16-39(17-5-1)41-30-32-42(33-31-41)52-37-53(60-58(59-52)43-20-8-3-9-21-43)45-23-15-25-47(35-45)62-55-29-13-11-27-49(55)51-36-50-48-26-10-12-28-54(48)61(56(50)38-57(51)62)46-24-14-22-44(34-46)40-18-6-2-7-19-40/h1-38H. The van der Waals surface area contributed by atoms with E-state index in [0.29, 0.717) is 5.82 Å². The van der Waals surface area contributed by atoms with E-state index in [1.807, 2.05) is 24.3 Å². The maximum atomic E-state index is 5.23. The fraction of sp³-hybridized carbons (Fsp3) is 0. The monoisotopic (exact) mass is 790 g/mol. The molecule has 0 saturated carbocycles. The van der Waals surface area contributed by atoms with E-state index in [1.165, 1.54) is 49.3 Å². The van der Waals surface area contributed by atoms with Gasteiger partial charge in [0.15, 0.2) is 5.82 Å². The molecule has 0 amide bonds. The zero-order chi connectivity index (χ0) is 41.0. The van der Waals surface area contributed by atoms with Gasteiger partial charge < -0.3 is 9.13 Å². The molecule has 0 radical (unpaired) electrons. The zero-order valence-corrected chi connectivity index (χ0v) is 33.7. The van der Waals surface area contributed by atoms with Gasteiger partial charge in [0, 0.05) is 49.6 Å². The number of benzene rings is 9. The Morgan fingerprint density at radius 2 is 0.661 bits per heavy atom. The van der Waals surface area contributed by atoms with Crippen molar-refractivity contribution in [3.05, 3.63) is 231 Å². The van der Waals surface area contributed by atoms with Gasteiger partial charge in [0.25, 0.3) is 0 Å². The van der Waals surface area contributed by atoms with Crippen LogP contribution < -0.4 is 0 Å². The first-order valence-corrected chi connectivity index (χ1v) is 21.1. The average Bonchev–Trinajstić information content (AvgIpc) is 3.86. The fourth-order valence-electron chi connectivity index (χ4n) is 9.17. The van der Waals surface area contributed by atoms with E-state index in [0.717, 1.165) is 56.0 Å². The molecule has 9 aromatic carbocycles. The molecular formula is C58H38N4. The maximum absolute atomic E-state index is 5.23. The topological polar surface area (TPSA) is 35.6 Å². The van der Waals surface area contributed by atoms with E-state index < -0.39 is 0 Å². The van der Waals surface area contributed by atoms with Crippen LogP contribution in [0.5, 0.6) is 0 Å². The van der Waals surface area contributed by atoms with E-state index in [9.17, 15) is 0 Å². The summed E-state index contributed by atoms with van der Waals surface area (Å²) < 4.78 is 4.84. The van der Waals surface area contributed by atoms with E-state index >= 15 is 0 Å². The lowest BCUT2D eigenvalue weighted by Gasteiger charge is -2.13. The Labute approximate surface area is 359 Å². The van der Waals surface area contributed by atoms with Gasteiger partial charge in [0.2, 0.25) is 0 Å². The third-order valence-electron chi connectivity index (χ3n) is 12.1. The van der Waals surface area contributed by atoms with Crippen molar-refractivity contribution < 1.29 is 0 Å². The van der Waals surface area contributed by atoms with Crippen LogP contribution in [-0.4, -0.2) is 19.1 Å². The van der Waals surface area contributed by atoms with Gasteiger partial charge in [-0.05, 0) is 76.9 Å². The molecule has 0 spiro atoms. The molecule has 0 N–H and O–H groups in total. The van der Waals surface area contributed by atoms with E-state index in [1.54, 1.807) is 0 Å². The van der Waals surface area contributed by atoms with Crippen LogP contribution in [0.4, 0.5) is 0 Å². The summed E-state index contributed by atoms with van der Waals surface area (Å²) in [5.74, 6) is 0.694. The smallest absolute Gasteiger partial charge is 0.160 e. The number of hydrogen-bond donors (Lipinski definition) is 0. The third kappa shape index (κ3) is 6.08. The van der Waals surface area contributed by atoms with Crippen molar-refractivity contribution in [1.29, 1.82) is 0 Å². The minimum Gasteiger partial charge on any atom is -0.309 e. The first-order chi connectivity index (χ1) is 30.7.